The van der Waals surface area contributed by atoms with Crippen LogP contribution in [0.4, 0.5) is 5.69 Å². The Kier molecular flexibility index (Phi) is 4.40. The van der Waals surface area contributed by atoms with Crippen LogP contribution in [-0.4, -0.2) is 22.0 Å². The van der Waals surface area contributed by atoms with E-state index in [1.807, 2.05) is 36.4 Å². The van der Waals surface area contributed by atoms with Gasteiger partial charge in [-0.25, -0.2) is 4.79 Å². The smallest absolute Gasteiger partial charge is 0.337 e. The first kappa shape index (κ1) is 16.9. The van der Waals surface area contributed by atoms with Crippen molar-refractivity contribution in [1.82, 2.24) is 4.98 Å². The van der Waals surface area contributed by atoms with E-state index in [4.69, 9.17) is 0 Å². The number of carbonyl (C=O) groups excluding carboxylic acids is 1. The molecule has 0 radical (unpaired) electrons. The van der Waals surface area contributed by atoms with Gasteiger partial charge in [0.05, 0.1) is 21.6 Å². The van der Waals surface area contributed by atoms with Crippen LogP contribution in [0.1, 0.15) is 20.0 Å². The van der Waals surface area contributed by atoms with Gasteiger partial charge in [-0.2, -0.15) is 0 Å². The Bertz CT molecular complexity index is 1160. The molecule has 1 amide bonds. The van der Waals surface area contributed by atoms with Gasteiger partial charge < -0.3 is 10.4 Å². The maximum absolute atomic E-state index is 12.6. The number of thiophene rings is 1. The van der Waals surface area contributed by atoms with E-state index < -0.39 is 5.97 Å². The van der Waals surface area contributed by atoms with Crippen molar-refractivity contribution < 1.29 is 14.7 Å². The third-order valence-corrected chi connectivity index (χ3v) is 5.25. The zero-order chi connectivity index (χ0) is 18.8. The predicted molar refractivity (Wildman–Crippen MR) is 106 cm³/mol. The van der Waals surface area contributed by atoms with Crippen LogP contribution in [0.3, 0.4) is 0 Å². The Balaban J connectivity index is 1.65. The molecule has 0 atom stereocenters. The fourth-order valence-corrected chi connectivity index (χ4v) is 3.80. The molecule has 4 rings (SSSR count). The van der Waals surface area contributed by atoms with Crippen LogP contribution in [0, 0.1) is 0 Å². The third-order valence-electron chi connectivity index (χ3n) is 4.13. The number of nitrogens with zero attached hydrogens (tertiary/aromatic N) is 1. The zero-order valence-corrected chi connectivity index (χ0v) is 14.9. The van der Waals surface area contributed by atoms with Crippen molar-refractivity contribution in [2.75, 3.05) is 5.32 Å². The molecule has 2 aromatic heterocycles. The van der Waals surface area contributed by atoms with Gasteiger partial charge in [0.2, 0.25) is 0 Å². The molecular weight excluding hydrogens is 360 g/mol. The number of fused-ring (bicyclic) bond motifs is 1. The number of amides is 1. The second-order valence-electron chi connectivity index (χ2n) is 5.85. The molecule has 27 heavy (non-hydrogen) atoms. The number of pyridine rings is 1. The number of rotatable bonds is 4. The molecule has 2 N–H and O–H groups in total. The highest BCUT2D eigenvalue weighted by molar-refractivity contribution is 7.17. The average Bonchev–Trinajstić information content (AvgIpc) is 3.18. The minimum Gasteiger partial charge on any atom is -0.478 e. The average molecular weight is 374 g/mol. The standard InChI is InChI=1S/C21H14N2O3S/c24-20(23-16-9-2-1-7-14(16)21(25)26)18-11-10-17(27-18)15-8-3-5-13-6-4-12-22-19(13)15/h1-12H,(H,23,24)(H,25,26). The first-order valence-electron chi connectivity index (χ1n) is 8.21. The molecule has 0 aliphatic heterocycles. The Morgan fingerprint density at radius 2 is 1.74 bits per heavy atom. The maximum Gasteiger partial charge on any atom is 0.337 e. The Hall–Kier alpha value is -3.51. The van der Waals surface area contributed by atoms with E-state index in [-0.39, 0.29) is 17.2 Å². The van der Waals surface area contributed by atoms with Crippen molar-refractivity contribution in [3.05, 3.63) is 83.4 Å². The van der Waals surface area contributed by atoms with Gasteiger partial charge in [0.25, 0.3) is 5.91 Å². The predicted octanol–water partition coefficient (Wildman–Crippen LogP) is 4.91. The number of anilines is 1. The highest BCUT2D eigenvalue weighted by Crippen LogP contribution is 2.33. The van der Waals surface area contributed by atoms with E-state index in [1.165, 1.54) is 17.4 Å². The van der Waals surface area contributed by atoms with Crippen LogP contribution in [0.2, 0.25) is 0 Å². The molecule has 0 spiro atoms. The van der Waals surface area contributed by atoms with Crippen molar-refractivity contribution in [1.29, 1.82) is 0 Å². The van der Waals surface area contributed by atoms with Crippen LogP contribution in [0.5, 0.6) is 0 Å². The van der Waals surface area contributed by atoms with Crippen molar-refractivity contribution in [3.8, 4) is 10.4 Å². The second-order valence-corrected chi connectivity index (χ2v) is 6.93. The van der Waals surface area contributed by atoms with E-state index in [0.29, 0.717) is 4.88 Å². The normalized spacial score (nSPS) is 10.7. The molecule has 5 nitrogen and oxygen atoms in total. The number of carboxylic acid groups (broad SMARTS) is 1. The van der Waals surface area contributed by atoms with E-state index in [9.17, 15) is 14.7 Å². The SMILES string of the molecule is O=C(Nc1ccccc1C(=O)O)c1ccc(-c2cccc3cccnc23)s1. The first-order valence-corrected chi connectivity index (χ1v) is 9.03. The van der Waals surface area contributed by atoms with Crippen LogP contribution in [0.15, 0.2) is 72.9 Å². The summed E-state index contributed by atoms with van der Waals surface area (Å²) < 4.78 is 0. The number of aromatic carboxylic acids is 1. The lowest BCUT2D eigenvalue weighted by Crippen LogP contribution is -2.13. The summed E-state index contributed by atoms with van der Waals surface area (Å²) in [4.78, 5) is 29.8. The van der Waals surface area contributed by atoms with Gasteiger partial charge in [-0.15, -0.1) is 11.3 Å². The van der Waals surface area contributed by atoms with Gasteiger partial charge in [0.1, 0.15) is 0 Å². The topological polar surface area (TPSA) is 79.3 Å². The molecule has 4 aromatic rings. The molecule has 132 valence electrons. The molecule has 2 heterocycles. The monoisotopic (exact) mass is 374 g/mol. The number of para-hydroxylation sites is 2. The van der Waals surface area contributed by atoms with Crippen molar-refractivity contribution in [2.24, 2.45) is 0 Å². The van der Waals surface area contributed by atoms with E-state index >= 15 is 0 Å². The molecular formula is C21H14N2O3S. The van der Waals surface area contributed by atoms with Crippen molar-refractivity contribution in [3.63, 3.8) is 0 Å². The molecule has 0 aliphatic carbocycles. The lowest BCUT2D eigenvalue weighted by atomic mass is 10.1. The minimum absolute atomic E-state index is 0.0564. The number of nitrogens with one attached hydrogen (secondary N) is 1. The lowest BCUT2D eigenvalue weighted by molar-refractivity contribution is 0.0698. The summed E-state index contributed by atoms with van der Waals surface area (Å²) in [7, 11) is 0. The number of hydrogen-bond donors (Lipinski definition) is 2. The Labute approximate surface area is 158 Å². The highest BCUT2D eigenvalue weighted by atomic mass is 32.1. The molecule has 0 unspecified atom stereocenters. The largest absolute Gasteiger partial charge is 0.478 e. The number of benzene rings is 2. The van der Waals surface area contributed by atoms with Crippen molar-refractivity contribution in [2.45, 2.75) is 0 Å². The van der Waals surface area contributed by atoms with Crippen LogP contribution in [0.25, 0.3) is 21.3 Å². The first-order chi connectivity index (χ1) is 13.1. The highest BCUT2D eigenvalue weighted by Gasteiger charge is 2.15. The summed E-state index contributed by atoms with van der Waals surface area (Å²) in [5, 5.41) is 13.0. The Morgan fingerprint density at radius 3 is 2.59 bits per heavy atom. The fourth-order valence-electron chi connectivity index (χ4n) is 2.87. The molecule has 0 aliphatic rings. The minimum atomic E-state index is -1.08. The molecule has 0 saturated carbocycles. The fraction of sp³-hybridized carbons (Fsp3) is 0. The van der Waals surface area contributed by atoms with Crippen molar-refractivity contribution >= 4 is 39.8 Å². The summed E-state index contributed by atoms with van der Waals surface area (Å²) in [5.41, 5.74) is 2.17. The number of carbonyl (C=O) groups is 2. The molecule has 6 heteroatoms. The van der Waals surface area contributed by atoms with Gasteiger partial charge in [0, 0.05) is 22.0 Å². The van der Waals surface area contributed by atoms with Crippen LogP contribution >= 0.6 is 11.3 Å². The van der Waals surface area contributed by atoms with E-state index in [1.54, 1.807) is 30.5 Å². The molecule has 2 aromatic carbocycles. The van der Waals surface area contributed by atoms with E-state index in [2.05, 4.69) is 10.3 Å². The lowest BCUT2D eigenvalue weighted by Gasteiger charge is -2.07. The Morgan fingerprint density at radius 1 is 0.926 bits per heavy atom. The van der Waals surface area contributed by atoms with Crippen LogP contribution in [-0.2, 0) is 0 Å². The maximum atomic E-state index is 12.6. The summed E-state index contributed by atoms with van der Waals surface area (Å²) in [6.07, 6.45) is 1.75. The number of hydrogen-bond acceptors (Lipinski definition) is 4. The van der Waals surface area contributed by atoms with Crippen LogP contribution < -0.4 is 5.32 Å². The van der Waals surface area contributed by atoms with Gasteiger partial charge in [-0.3, -0.25) is 9.78 Å². The van der Waals surface area contributed by atoms with Gasteiger partial charge in [-0.05, 0) is 30.3 Å². The molecule has 0 saturated heterocycles. The molecule has 0 fully saturated rings. The van der Waals surface area contributed by atoms with E-state index in [0.717, 1.165) is 21.3 Å². The summed E-state index contributed by atoms with van der Waals surface area (Å²) >= 11 is 1.34. The van der Waals surface area contributed by atoms with Gasteiger partial charge >= 0.3 is 5.97 Å². The summed E-state index contributed by atoms with van der Waals surface area (Å²) in [5.74, 6) is -1.42. The quantitative estimate of drug-likeness (QED) is 0.532. The molecule has 0 bridgehead atoms. The van der Waals surface area contributed by atoms with Gasteiger partial charge in [0.15, 0.2) is 0 Å². The summed E-state index contributed by atoms with van der Waals surface area (Å²) in [6.45, 7) is 0. The second kappa shape index (κ2) is 7.01. The summed E-state index contributed by atoms with van der Waals surface area (Å²) in [6, 6.07) is 19.8. The number of aromatic nitrogens is 1. The zero-order valence-electron chi connectivity index (χ0n) is 14.0. The van der Waals surface area contributed by atoms with Gasteiger partial charge in [-0.1, -0.05) is 36.4 Å². The third kappa shape index (κ3) is 3.30. The number of carboxylic acids is 1.